The minimum atomic E-state index is -2.24. The van der Waals surface area contributed by atoms with Crippen molar-refractivity contribution in [2.75, 3.05) is 0 Å². The molecule has 0 bridgehead atoms. The molecule has 2 rings (SSSR count). The number of aryl methyl sites for hydroxylation is 1. The molecule has 0 saturated carbocycles. The van der Waals surface area contributed by atoms with Crippen LogP contribution in [0.15, 0.2) is 33.3 Å². The topological polar surface area (TPSA) is 24.7 Å². The fourth-order valence-corrected chi connectivity index (χ4v) is 1.70. The van der Waals surface area contributed by atoms with Gasteiger partial charge in [0.25, 0.3) is 0 Å². The number of rotatable bonds is 2. The largest absolute Gasteiger partial charge is 0.201 e. The van der Waals surface area contributed by atoms with Crippen molar-refractivity contribution >= 4 is 24.0 Å². The second kappa shape index (κ2) is 5.80. The fourth-order valence-electron chi connectivity index (χ4n) is 1.51. The van der Waals surface area contributed by atoms with Crippen LogP contribution in [0, 0.1) is 36.0 Å². The summed E-state index contributed by atoms with van der Waals surface area (Å²) in [5.41, 5.74) is -0.491. The van der Waals surface area contributed by atoms with Gasteiger partial charge in [-0.15, -0.1) is 22.9 Å². The van der Waals surface area contributed by atoms with E-state index in [4.69, 9.17) is 0 Å². The van der Waals surface area contributed by atoms with E-state index in [2.05, 4.69) is 22.9 Å². The van der Waals surface area contributed by atoms with Crippen LogP contribution in [0.5, 0.6) is 0 Å². The van der Waals surface area contributed by atoms with Crippen molar-refractivity contribution in [1.82, 2.24) is 0 Å². The molecule has 0 heterocycles. The summed E-state index contributed by atoms with van der Waals surface area (Å²) in [6, 6.07) is 4.73. The molecular formula is C13H7F5N2S. The van der Waals surface area contributed by atoms with Crippen LogP contribution in [0.25, 0.3) is 0 Å². The van der Waals surface area contributed by atoms with E-state index in [0.29, 0.717) is 10.5 Å². The Hall–Kier alpha value is -1.96. The van der Waals surface area contributed by atoms with Gasteiger partial charge in [-0.25, -0.2) is 22.0 Å². The molecule has 2 aromatic rings. The van der Waals surface area contributed by atoms with Gasteiger partial charge in [-0.05, 0) is 18.6 Å². The van der Waals surface area contributed by atoms with E-state index in [1.54, 1.807) is 19.1 Å². The summed E-state index contributed by atoms with van der Waals surface area (Å²) in [5.74, 6) is -10.5. The highest BCUT2D eigenvalue weighted by molar-refractivity contribution is 7.80. The molecule has 0 saturated heterocycles. The molecule has 0 aliphatic rings. The Morgan fingerprint density at radius 2 is 1.33 bits per heavy atom. The summed E-state index contributed by atoms with van der Waals surface area (Å²) in [5, 5.41) is 6.60. The Bertz CT molecular complexity index is 717. The van der Waals surface area contributed by atoms with Crippen LogP contribution in [0.4, 0.5) is 33.3 Å². The van der Waals surface area contributed by atoms with Gasteiger partial charge in [0.1, 0.15) is 0 Å². The Morgan fingerprint density at radius 3 is 1.90 bits per heavy atom. The zero-order valence-electron chi connectivity index (χ0n) is 10.5. The van der Waals surface area contributed by atoms with E-state index in [-0.39, 0.29) is 5.69 Å². The molecule has 0 unspecified atom stereocenters. The predicted molar refractivity (Wildman–Crippen MR) is 68.8 cm³/mol. The fraction of sp³-hybridized carbons (Fsp3) is 0.0769. The van der Waals surface area contributed by atoms with E-state index in [0.717, 1.165) is 0 Å². The molecular weight excluding hydrogens is 311 g/mol. The third-order valence-electron chi connectivity index (χ3n) is 2.66. The van der Waals surface area contributed by atoms with Gasteiger partial charge in [-0.1, -0.05) is 12.1 Å². The molecule has 110 valence electrons. The highest BCUT2D eigenvalue weighted by Gasteiger charge is 2.25. The molecule has 0 aliphatic carbocycles. The van der Waals surface area contributed by atoms with Crippen LogP contribution in [0.2, 0.25) is 0 Å². The molecule has 0 N–H and O–H groups in total. The Balaban J connectivity index is 2.54. The summed E-state index contributed by atoms with van der Waals surface area (Å²) in [7, 11) is 0. The number of thiol groups is 1. The summed E-state index contributed by atoms with van der Waals surface area (Å²) < 4.78 is 65.6. The number of hydrogen-bond donors (Lipinski definition) is 1. The van der Waals surface area contributed by atoms with E-state index in [1.165, 1.54) is 6.07 Å². The molecule has 8 heteroatoms. The maximum atomic E-state index is 13.4. The minimum absolute atomic E-state index is 0.141. The molecule has 0 atom stereocenters. The quantitative estimate of drug-likeness (QED) is 0.252. The highest BCUT2D eigenvalue weighted by Crippen LogP contribution is 2.32. The zero-order valence-corrected chi connectivity index (χ0v) is 11.4. The summed E-state index contributed by atoms with van der Waals surface area (Å²) in [6.45, 7) is 1.71. The predicted octanol–water partition coefficient (Wildman–Crippen LogP) is 5.39. The van der Waals surface area contributed by atoms with Crippen LogP contribution in [0.1, 0.15) is 5.56 Å². The molecule has 2 nitrogen and oxygen atoms in total. The first kappa shape index (κ1) is 15.4. The molecule has 0 amide bonds. The smallest absolute Gasteiger partial charge is 0.200 e. The van der Waals surface area contributed by atoms with Gasteiger partial charge in [0.05, 0.1) is 5.69 Å². The van der Waals surface area contributed by atoms with Crippen molar-refractivity contribution < 1.29 is 22.0 Å². The van der Waals surface area contributed by atoms with Gasteiger partial charge in [-0.3, -0.25) is 0 Å². The Kier molecular flexibility index (Phi) is 4.26. The first-order chi connectivity index (χ1) is 9.84. The van der Waals surface area contributed by atoms with Gasteiger partial charge in [0.15, 0.2) is 29.0 Å². The van der Waals surface area contributed by atoms with Crippen molar-refractivity contribution in [2.24, 2.45) is 10.2 Å². The highest BCUT2D eigenvalue weighted by atomic mass is 32.1. The molecule has 0 aliphatic heterocycles. The van der Waals surface area contributed by atoms with Crippen LogP contribution >= 0.6 is 12.6 Å². The van der Waals surface area contributed by atoms with E-state index in [9.17, 15) is 22.0 Å². The van der Waals surface area contributed by atoms with Gasteiger partial charge in [-0.2, -0.15) is 0 Å². The third-order valence-corrected chi connectivity index (χ3v) is 3.24. The number of hydrogen-bond acceptors (Lipinski definition) is 3. The normalized spacial score (nSPS) is 11.4. The lowest BCUT2D eigenvalue weighted by atomic mass is 10.2. The second-order valence-corrected chi connectivity index (χ2v) is 4.51. The number of halogens is 5. The molecule has 0 radical (unpaired) electrons. The lowest BCUT2D eigenvalue weighted by Crippen LogP contribution is -2.00. The van der Waals surface area contributed by atoms with Gasteiger partial charge in [0.2, 0.25) is 5.82 Å². The minimum Gasteiger partial charge on any atom is -0.201 e. The Labute approximate surface area is 121 Å². The third kappa shape index (κ3) is 2.76. The van der Waals surface area contributed by atoms with Crippen molar-refractivity contribution in [3.05, 3.63) is 52.8 Å². The number of nitrogens with zero attached hydrogens (tertiary/aromatic N) is 2. The average molecular weight is 318 g/mol. The zero-order chi connectivity index (χ0) is 15.7. The average Bonchev–Trinajstić information content (AvgIpc) is 2.47. The van der Waals surface area contributed by atoms with Crippen molar-refractivity contribution in [3.8, 4) is 0 Å². The van der Waals surface area contributed by atoms with Crippen LogP contribution in [-0.2, 0) is 0 Å². The molecule has 0 aromatic heterocycles. The van der Waals surface area contributed by atoms with Gasteiger partial charge in [0, 0.05) is 4.90 Å². The van der Waals surface area contributed by atoms with E-state index in [1.807, 2.05) is 0 Å². The van der Waals surface area contributed by atoms with Gasteiger partial charge >= 0.3 is 0 Å². The summed E-state index contributed by atoms with van der Waals surface area (Å²) in [6.07, 6.45) is 0. The van der Waals surface area contributed by atoms with Gasteiger partial charge < -0.3 is 0 Å². The molecule has 0 fully saturated rings. The van der Waals surface area contributed by atoms with E-state index >= 15 is 0 Å². The number of benzene rings is 2. The standard InChI is InChI=1S/C13H7F5N2S/c1-5-3-2-4-6(13(5)21)19-20-12-10(17)8(15)7(14)9(16)11(12)18/h2-4,21H,1H3. The molecule has 2 aromatic carbocycles. The van der Waals surface area contributed by atoms with Crippen LogP contribution < -0.4 is 0 Å². The molecule has 0 spiro atoms. The van der Waals surface area contributed by atoms with Crippen molar-refractivity contribution in [3.63, 3.8) is 0 Å². The maximum absolute atomic E-state index is 13.4. The van der Waals surface area contributed by atoms with Crippen LogP contribution in [0.3, 0.4) is 0 Å². The van der Waals surface area contributed by atoms with Crippen LogP contribution in [-0.4, -0.2) is 0 Å². The van der Waals surface area contributed by atoms with Crippen molar-refractivity contribution in [2.45, 2.75) is 11.8 Å². The lowest BCUT2D eigenvalue weighted by molar-refractivity contribution is 0.380. The first-order valence-corrected chi connectivity index (χ1v) is 6.01. The summed E-state index contributed by atoms with van der Waals surface area (Å²) >= 11 is 4.12. The SMILES string of the molecule is Cc1cccc(N=Nc2c(F)c(F)c(F)c(F)c2F)c1S. The Morgan fingerprint density at radius 1 is 0.810 bits per heavy atom. The summed E-state index contributed by atoms with van der Waals surface area (Å²) in [4.78, 5) is 0.380. The first-order valence-electron chi connectivity index (χ1n) is 5.56. The monoisotopic (exact) mass is 318 g/mol. The molecule has 21 heavy (non-hydrogen) atoms. The number of azo groups is 1. The maximum Gasteiger partial charge on any atom is 0.200 e. The van der Waals surface area contributed by atoms with Crippen molar-refractivity contribution in [1.29, 1.82) is 0 Å². The van der Waals surface area contributed by atoms with E-state index < -0.39 is 34.8 Å². The lowest BCUT2D eigenvalue weighted by Gasteiger charge is -2.04. The second-order valence-electron chi connectivity index (χ2n) is 4.06.